The lowest BCUT2D eigenvalue weighted by atomic mass is 9.87. The fourth-order valence-corrected chi connectivity index (χ4v) is 3.91. The van der Waals surface area contributed by atoms with Gasteiger partial charge in [-0.25, -0.2) is 9.18 Å². The summed E-state index contributed by atoms with van der Waals surface area (Å²) in [5, 5.41) is 20.6. The summed E-state index contributed by atoms with van der Waals surface area (Å²) in [4.78, 5) is 11.7. The molecular weight excluding hydrogens is 369 g/mol. The zero-order valence-corrected chi connectivity index (χ0v) is 15.6. The van der Waals surface area contributed by atoms with Crippen molar-refractivity contribution in [2.45, 2.75) is 12.3 Å². The second-order valence-corrected chi connectivity index (χ2v) is 7.15. The van der Waals surface area contributed by atoms with Crippen LogP contribution in [0.15, 0.2) is 60.7 Å². The molecule has 0 spiro atoms. The predicted octanol–water partition coefficient (Wildman–Crippen LogP) is 4.23. The Labute approximate surface area is 167 Å². The first kappa shape index (κ1) is 18.7. The molecule has 3 aromatic carbocycles. The van der Waals surface area contributed by atoms with Crippen molar-refractivity contribution in [1.82, 2.24) is 0 Å². The van der Waals surface area contributed by atoms with E-state index in [4.69, 9.17) is 11.1 Å². The van der Waals surface area contributed by atoms with Gasteiger partial charge in [-0.15, -0.1) is 0 Å². The van der Waals surface area contributed by atoms with Crippen LogP contribution in [0.25, 0.3) is 11.1 Å². The number of nitrogens with one attached hydrogen (secondary N) is 2. The topological polar surface area (TPSA) is 99.2 Å². The first-order valence-electron chi connectivity index (χ1n) is 9.27. The molecule has 5 N–H and O–H groups in total. The van der Waals surface area contributed by atoms with Gasteiger partial charge in [0.15, 0.2) is 0 Å². The number of carbonyl (C=O) groups is 1. The average Bonchev–Trinajstić information content (AvgIpc) is 3.10. The van der Waals surface area contributed by atoms with Gasteiger partial charge in [0.05, 0.1) is 5.56 Å². The van der Waals surface area contributed by atoms with Crippen molar-refractivity contribution >= 4 is 17.5 Å². The molecule has 6 heteroatoms. The molecule has 0 amide bonds. The Morgan fingerprint density at radius 1 is 1.14 bits per heavy atom. The van der Waals surface area contributed by atoms with Crippen LogP contribution in [0.1, 0.15) is 33.0 Å². The number of carboxylic acid groups (broad SMARTS) is 1. The van der Waals surface area contributed by atoms with Crippen molar-refractivity contribution in [3.63, 3.8) is 0 Å². The molecule has 0 radical (unpaired) electrons. The summed E-state index contributed by atoms with van der Waals surface area (Å²) in [6, 6.07) is 17.1. The first-order valence-corrected chi connectivity index (χ1v) is 9.27. The van der Waals surface area contributed by atoms with Gasteiger partial charge < -0.3 is 16.2 Å². The molecule has 0 fully saturated rings. The van der Waals surface area contributed by atoms with Crippen LogP contribution in [-0.2, 0) is 6.42 Å². The van der Waals surface area contributed by atoms with Crippen LogP contribution in [-0.4, -0.2) is 23.5 Å². The number of carboxylic acids is 1. The molecule has 1 unspecified atom stereocenters. The second-order valence-electron chi connectivity index (χ2n) is 7.15. The van der Waals surface area contributed by atoms with Gasteiger partial charge in [0, 0.05) is 23.7 Å². The summed E-state index contributed by atoms with van der Waals surface area (Å²) in [5.74, 6) is -1.56. The molecule has 0 aliphatic carbocycles. The minimum atomic E-state index is -1.16. The van der Waals surface area contributed by atoms with Gasteiger partial charge in [0.2, 0.25) is 0 Å². The van der Waals surface area contributed by atoms with E-state index in [1.807, 2.05) is 42.5 Å². The lowest BCUT2D eigenvalue weighted by Crippen LogP contribution is -2.12. The summed E-state index contributed by atoms with van der Waals surface area (Å²) < 4.78 is 13.6. The van der Waals surface area contributed by atoms with Crippen molar-refractivity contribution < 1.29 is 14.3 Å². The second kappa shape index (κ2) is 7.39. The number of nitrogen functional groups attached to an aromatic ring is 1. The first-order chi connectivity index (χ1) is 13.9. The third-order valence-corrected chi connectivity index (χ3v) is 5.33. The molecule has 1 aliphatic rings. The van der Waals surface area contributed by atoms with Gasteiger partial charge >= 0.3 is 5.97 Å². The van der Waals surface area contributed by atoms with Crippen molar-refractivity contribution in [2.24, 2.45) is 5.73 Å². The van der Waals surface area contributed by atoms with Crippen LogP contribution >= 0.6 is 0 Å². The Balaban J connectivity index is 1.73. The Hall–Kier alpha value is -3.67. The number of hydrogen-bond donors (Lipinski definition) is 4. The van der Waals surface area contributed by atoms with E-state index in [1.165, 1.54) is 12.1 Å². The molecule has 1 atom stereocenters. The lowest BCUT2D eigenvalue weighted by molar-refractivity contribution is 0.0697. The van der Waals surface area contributed by atoms with Crippen LogP contribution < -0.4 is 11.1 Å². The van der Waals surface area contributed by atoms with Crippen molar-refractivity contribution in [2.75, 3.05) is 11.9 Å². The fraction of sp³-hybridized carbons (Fsp3) is 0.130. The molecule has 0 bridgehead atoms. The average molecular weight is 389 g/mol. The molecule has 0 aromatic heterocycles. The lowest BCUT2D eigenvalue weighted by Gasteiger charge is -2.16. The molecule has 0 saturated carbocycles. The highest BCUT2D eigenvalue weighted by atomic mass is 19.1. The maximum absolute atomic E-state index is 13.6. The minimum absolute atomic E-state index is 0.0243. The molecule has 146 valence electrons. The van der Waals surface area contributed by atoms with Crippen molar-refractivity contribution in [3.8, 4) is 11.1 Å². The van der Waals surface area contributed by atoms with E-state index in [0.717, 1.165) is 35.0 Å². The van der Waals surface area contributed by atoms with Crippen molar-refractivity contribution in [3.05, 3.63) is 88.7 Å². The Bertz CT molecular complexity index is 1130. The summed E-state index contributed by atoms with van der Waals surface area (Å²) in [7, 11) is 0. The zero-order chi connectivity index (χ0) is 20.5. The molecule has 4 rings (SSSR count). The summed E-state index contributed by atoms with van der Waals surface area (Å²) in [5.41, 5.74) is 10.6. The van der Waals surface area contributed by atoms with Crippen LogP contribution in [0.2, 0.25) is 0 Å². The van der Waals surface area contributed by atoms with E-state index in [1.54, 1.807) is 0 Å². The van der Waals surface area contributed by atoms with Gasteiger partial charge in [-0.05, 0) is 59.0 Å². The summed E-state index contributed by atoms with van der Waals surface area (Å²) >= 11 is 0. The zero-order valence-electron chi connectivity index (χ0n) is 15.6. The van der Waals surface area contributed by atoms with Crippen molar-refractivity contribution in [1.29, 1.82) is 5.41 Å². The molecule has 5 nitrogen and oxygen atoms in total. The molecule has 29 heavy (non-hydrogen) atoms. The maximum Gasteiger partial charge on any atom is 0.336 e. The van der Waals surface area contributed by atoms with E-state index in [-0.39, 0.29) is 17.3 Å². The number of nitrogens with two attached hydrogens (primary N) is 1. The normalized spacial score (nSPS) is 14.9. The number of amidine groups is 1. The number of aromatic carboxylic acids is 1. The number of hydrogen-bond acceptors (Lipinski definition) is 3. The van der Waals surface area contributed by atoms with Gasteiger partial charge in [-0.2, -0.15) is 0 Å². The minimum Gasteiger partial charge on any atom is -0.478 e. The third kappa shape index (κ3) is 3.57. The van der Waals surface area contributed by atoms with Gasteiger partial charge in [-0.3, -0.25) is 5.41 Å². The highest BCUT2D eigenvalue weighted by molar-refractivity contribution is 5.97. The van der Waals surface area contributed by atoms with Gasteiger partial charge in [0.1, 0.15) is 11.7 Å². The fourth-order valence-electron chi connectivity index (χ4n) is 3.91. The molecule has 1 aliphatic heterocycles. The largest absolute Gasteiger partial charge is 0.478 e. The molecule has 3 aromatic rings. The van der Waals surface area contributed by atoms with Crippen LogP contribution in [0, 0.1) is 11.2 Å². The van der Waals surface area contributed by atoms with Gasteiger partial charge in [0.25, 0.3) is 0 Å². The van der Waals surface area contributed by atoms with E-state index in [9.17, 15) is 14.3 Å². The number of fused-ring (bicyclic) bond motifs is 1. The Morgan fingerprint density at radius 3 is 2.69 bits per heavy atom. The molecule has 0 saturated heterocycles. The van der Waals surface area contributed by atoms with E-state index >= 15 is 0 Å². The summed E-state index contributed by atoms with van der Waals surface area (Å²) in [6.07, 6.45) is 0.675. The Kier molecular flexibility index (Phi) is 4.76. The standard InChI is InChI=1S/C23H20FN3O2/c24-16-6-7-18(20(11-16)23(28)29)17-4-2-1-3-13(17)9-15-12-27-21-8-5-14(22(25)26)10-19(15)21/h1-8,10-11,15,27H,9,12H2,(H3,25,26)(H,28,29). The number of halogens is 1. The SMILES string of the molecule is N=C(N)c1ccc2c(c1)C(Cc1ccccc1-c1ccc(F)cc1C(=O)O)CN2. The molecule has 1 heterocycles. The van der Waals surface area contributed by atoms with Crippen LogP contribution in [0.4, 0.5) is 10.1 Å². The van der Waals surface area contributed by atoms with Gasteiger partial charge in [-0.1, -0.05) is 30.3 Å². The third-order valence-electron chi connectivity index (χ3n) is 5.33. The van der Waals surface area contributed by atoms with Crippen LogP contribution in [0.5, 0.6) is 0 Å². The highest BCUT2D eigenvalue weighted by Gasteiger charge is 2.25. The Morgan fingerprint density at radius 2 is 1.93 bits per heavy atom. The maximum atomic E-state index is 13.6. The van der Waals surface area contributed by atoms with E-state index < -0.39 is 11.8 Å². The number of benzene rings is 3. The molecular formula is C23H20FN3O2. The quantitative estimate of drug-likeness (QED) is 0.388. The summed E-state index contributed by atoms with van der Waals surface area (Å²) in [6.45, 7) is 0.736. The van der Waals surface area contributed by atoms with E-state index in [2.05, 4.69) is 5.32 Å². The monoisotopic (exact) mass is 389 g/mol. The van der Waals surface area contributed by atoms with Crippen LogP contribution in [0.3, 0.4) is 0 Å². The highest BCUT2D eigenvalue weighted by Crippen LogP contribution is 2.37. The number of anilines is 1. The smallest absolute Gasteiger partial charge is 0.336 e. The van der Waals surface area contributed by atoms with E-state index in [0.29, 0.717) is 17.5 Å². The number of rotatable bonds is 5. The predicted molar refractivity (Wildman–Crippen MR) is 111 cm³/mol.